The Morgan fingerprint density at radius 2 is 1.47 bits per heavy atom. The lowest BCUT2D eigenvalue weighted by molar-refractivity contribution is -0.140. The first-order valence-corrected chi connectivity index (χ1v) is 12.6. The van der Waals surface area contributed by atoms with Gasteiger partial charge in [-0.2, -0.15) is 0 Å². The van der Waals surface area contributed by atoms with E-state index in [1.54, 1.807) is 43.5 Å². The van der Waals surface area contributed by atoms with Gasteiger partial charge in [-0.3, -0.25) is 9.59 Å². The van der Waals surface area contributed by atoms with Crippen molar-refractivity contribution in [1.82, 2.24) is 4.90 Å². The zero-order chi connectivity index (χ0) is 27.4. The van der Waals surface area contributed by atoms with Crippen molar-refractivity contribution in [2.75, 3.05) is 7.11 Å². The number of hydrogen-bond donors (Lipinski definition) is 1. The zero-order valence-electron chi connectivity index (χ0n) is 22.3. The fourth-order valence-electron chi connectivity index (χ4n) is 4.50. The summed E-state index contributed by atoms with van der Waals surface area (Å²) >= 11 is 0. The molecule has 1 heterocycles. The van der Waals surface area contributed by atoms with Crippen molar-refractivity contribution in [2.24, 2.45) is 0 Å². The number of Topliss-reactive ketones (excluding diaryl/α,β-unsaturated/α-hetero) is 1. The summed E-state index contributed by atoms with van der Waals surface area (Å²) in [5.41, 5.74) is 1.90. The molecule has 7 heteroatoms. The van der Waals surface area contributed by atoms with E-state index in [1.165, 1.54) is 4.90 Å². The fraction of sp³-hybridized carbons (Fsp3) is 0.290. The van der Waals surface area contributed by atoms with E-state index < -0.39 is 17.7 Å². The maximum atomic E-state index is 13.4. The largest absolute Gasteiger partial charge is 0.507 e. The number of aliphatic hydroxyl groups excluding tert-OH is 1. The molecule has 7 nitrogen and oxygen atoms in total. The highest BCUT2D eigenvalue weighted by Gasteiger charge is 2.46. The van der Waals surface area contributed by atoms with Crippen molar-refractivity contribution >= 4 is 17.4 Å². The molecule has 1 amide bonds. The Balaban J connectivity index is 1.81. The Morgan fingerprint density at radius 1 is 0.842 bits per heavy atom. The third kappa shape index (κ3) is 5.83. The second kappa shape index (κ2) is 11.4. The number of methoxy groups -OCH3 is 1. The zero-order valence-corrected chi connectivity index (χ0v) is 22.3. The number of ether oxygens (including phenoxy) is 3. The van der Waals surface area contributed by atoms with E-state index >= 15 is 0 Å². The van der Waals surface area contributed by atoms with Gasteiger partial charge >= 0.3 is 0 Å². The van der Waals surface area contributed by atoms with Crippen molar-refractivity contribution in [3.8, 4) is 17.2 Å². The predicted octanol–water partition coefficient (Wildman–Crippen LogP) is 5.89. The van der Waals surface area contributed by atoms with Crippen LogP contribution in [0.5, 0.6) is 17.2 Å². The molecule has 0 aliphatic carbocycles. The number of hydrogen-bond acceptors (Lipinski definition) is 6. The predicted molar refractivity (Wildman–Crippen MR) is 145 cm³/mol. The highest BCUT2D eigenvalue weighted by molar-refractivity contribution is 6.46. The molecule has 1 N–H and O–H groups in total. The Labute approximate surface area is 223 Å². The van der Waals surface area contributed by atoms with Crippen LogP contribution in [-0.2, 0) is 16.1 Å². The average Bonchev–Trinajstić information content (AvgIpc) is 3.13. The molecule has 0 radical (unpaired) electrons. The second-order valence-electron chi connectivity index (χ2n) is 9.71. The Bertz CT molecular complexity index is 1340. The number of benzene rings is 3. The van der Waals surface area contributed by atoms with Crippen molar-refractivity contribution in [3.63, 3.8) is 0 Å². The molecule has 198 valence electrons. The first-order chi connectivity index (χ1) is 18.2. The molecule has 0 saturated carbocycles. The molecule has 1 saturated heterocycles. The minimum atomic E-state index is -0.802. The number of amides is 1. The number of likely N-dealkylation sites (tertiary alicyclic amines) is 1. The lowest BCUT2D eigenvalue weighted by atomic mass is 9.95. The molecule has 0 aromatic heterocycles. The van der Waals surface area contributed by atoms with Crippen LogP contribution in [-0.4, -0.2) is 41.0 Å². The highest BCUT2D eigenvalue weighted by Crippen LogP contribution is 2.41. The number of ketones is 1. The van der Waals surface area contributed by atoms with E-state index in [2.05, 4.69) is 0 Å². The standard InChI is InChI=1S/C31H33NO6/c1-19(2)37-24-14-12-22(13-15-24)28-27(29(33)23-9-7-11-26(17-23)38-20(3)4)30(34)31(35)32(28)18-21-8-6-10-25(16-21)36-5/h6-17,19-20,28,33H,18H2,1-5H3/b29-27-. The van der Waals surface area contributed by atoms with E-state index in [9.17, 15) is 14.7 Å². The molecular weight excluding hydrogens is 482 g/mol. The minimum absolute atomic E-state index is 0.000110. The number of carbonyl (C=O) groups is 2. The van der Waals surface area contributed by atoms with Crippen LogP contribution < -0.4 is 14.2 Å². The third-order valence-corrected chi connectivity index (χ3v) is 6.07. The quantitative estimate of drug-likeness (QED) is 0.217. The molecule has 0 spiro atoms. The van der Waals surface area contributed by atoms with Gasteiger partial charge in [0.25, 0.3) is 11.7 Å². The summed E-state index contributed by atoms with van der Waals surface area (Å²) in [6.07, 6.45) is -0.0627. The smallest absolute Gasteiger partial charge is 0.295 e. The molecule has 3 aromatic carbocycles. The lowest BCUT2D eigenvalue weighted by Crippen LogP contribution is -2.29. The van der Waals surface area contributed by atoms with E-state index in [-0.39, 0.29) is 30.1 Å². The van der Waals surface area contributed by atoms with E-state index in [1.807, 2.05) is 64.1 Å². The normalized spacial score (nSPS) is 16.8. The van der Waals surface area contributed by atoms with Gasteiger partial charge in [0.05, 0.1) is 30.9 Å². The van der Waals surface area contributed by atoms with Gasteiger partial charge in [0.2, 0.25) is 0 Å². The van der Waals surface area contributed by atoms with Gasteiger partial charge in [-0.25, -0.2) is 0 Å². The fourth-order valence-corrected chi connectivity index (χ4v) is 4.50. The Morgan fingerprint density at radius 3 is 2.13 bits per heavy atom. The average molecular weight is 516 g/mol. The molecule has 1 aliphatic heterocycles. The van der Waals surface area contributed by atoms with Crippen LogP contribution in [0.2, 0.25) is 0 Å². The van der Waals surface area contributed by atoms with Crippen LogP contribution in [0, 0.1) is 0 Å². The van der Waals surface area contributed by atoms with E-state index in [4.69, 9.17) is 14.2 Å². The van der Waals surface area contributed by atoms with Crippen LogP contribution in [0.3, 0.4) is 0 Å². The summed E-state index contributed by atoms with van der Waals surface area (Å²) < 4.78 is 16.9. The maximum absolute atomic E-state index is 13.4. The topological polar surface area (TPSA) is 85.3 Å². The van der Waals surface area contributed by atoms with Crippen molar-refractivity contribution in [1.29, 1.82) is 0 Å². The third-order valence-electron chi connectivity index (χ3n) is 6.07. The lowest BCUT2D eigenvalue weighted by Gasteiger charge is -2.26. The SMILES string of the molecule is COc1cccc(CN2C(=O)C(=O)/C(=C(\O)c3cccc(OC(C)C)c3)C2c2ccc(OC(C)C)cc2)c1. The van der Waals surface area contributed by atoms with Gasteiger partial charge in [-0.05, 0) is 75.2 Å². The van der Waals surface area contributed by atoms with Gasteiger partial charge < -0.3 is 24.2 Å². The first-order valence-electron chi connectivity index (χ1n) is 12.6. The molecule has 38 heavy (non-hydrogen) atoms. The van der Waals surface area contributed by atoms with Gasteiger partial charge in [-0.1, -0.05) is 36.4 Å². The van der Waals surface area contributed by atoms with Crippen molar-refractivity contribution in [2.45, 2.75) is 52.5 Å². The Kier molecular flexibility index (Phi) is 8.05. The van der Waals surface area contributed by atoms with Gasteiger partial charge in [0, 0.05) is 12.1 Å². The second-order valence-corrected chi connectivity index (χ2v) is 9.71. The summed E-state index contributed by atoms with van der Waals surface area (Å²) in [5.74, 6) is 0.198. The summed E-state index contributed by atoms with van der Waals surface area (Å²) in [6, 6.07) is 20.7. The number of nitrogens with zero attached hydrogens (tertiary/aromatic N) is 1. The van der Waals surface area contributed by atoms with Crippen molar-refractivity contribution < 1.29 is 28.9 Å². The molecule has 1 atom stereocenters. The first kappa shape index (κ1) is 26.8. The summed E-state index contributed by atoms with van der Waals surface area (Å²) in [7, 11) is 1.57. The number of carbonyl (C=O) groups excluding carboxylic acids is 2. The molecule has 3 aromatic rings. The molecule has 1 unspecified atom stereocenters. The van der Waals surface area contributed by atoms with Gasteiger partial charge in [0.1, 0.15) is 23.0 Å². The van der Waals surface area contributed by atoms with Gasteiger partial charge in [-0.15, -0.1) is 0 Å². The monoisotopic (exact) mass is 515 g/mol. The minimum Gasteiger partial charge on any atom is -0.507 e. The number of rotatable bonds is 9. The van der Waals surface area contributed by atoms with Crippen LogP contribution in [0.4, 0.5) is 0 Å². The van der Waals surface area contributed by atoms with Crippen molar-refractivity contribution in [3.05, 3.63) is 95.1 Å². The molecule has 0 bridgehead atoms. The maximum Gasteiger partial charge on any atom is 0.295 e. The van der Waals surface area contributed by atoms with Gasteiger partial charge in [0.15, 0.2) is 0 Å². The number of aliphatic hydroxyl groups is 1. The van der Waals surface area contributed by atoms with Crippen LogP contribution in [0.25, 0.3) is 5.76 Å². The van der Waals surface area contributed by atoms with E-state index in [0.717, 1.165) is 5.56 Å². The molecule has 1 fully saturated rings. The molecule has 4 rings (SSSR count). The Hall–Kier alpha value is -4.26. The van der Waals surface area contributed by atoms with Crippen LogP contribution >= 0.6 is 0 Å². The molecular formula is C31H33NO6. The summed E-state index contributed by atoms with van der Waals surface area (Å²) in [4.78, 5) is 28.3. The summed E-state index contributed by atoms with van der Waals surface area (Å²) in [6.45, 7) is 7.85. The molecule has 1 aliphatic rings. The highest BCUT2D eigenvalue weighted by atomic mass is 16.5. The van der Waals surface area contributed by atoms with E-state index in [0.29, 0.717) is 28.4 Å². The summed E-state index contributed by atoms with van der Waals surface area (Å²) in [5, 5.41) is 11.4. The van der Waals surface area contributed by atoms with Crippen LogP contribution in [0.15, 0.2) is 78.4 Å². The van der Waals surface area contributed by atoms with Crippen LogP contribution in [0.1, 0.15) is 50.4 Å².